The summed E-state index contributed by atoms with van der Waals surface area (Å²) in [4.78, 5) is 36.6. The number of imide groups is 1. The van der Waals surface area contributed by atoms with Crippen LogP contribution in [0, 0.1) is 5.92 Å². The Bertz CT molecular complexity index is 919. The van der Waals surface area contributed by atoms with Crippen LogP contribution in [0.1, 0.15) is 43.9 Å². The Morgan fingerprint density at radius 3 is 2.45 bits per heavy atom. The van der Waals surface area contributed by atoms with Gasteiger partial charge in [0.15, 0.2) is 0 Å². The number of carbonyl (C=O) groups is 2. The van der Waals surface area contributed by atoms with E-state index in [0.717, 1.165) is 5.76 Å². The lowest BCUT2D eigenvalue weighted by Gasteiger charge is -2.42. The molecule has 2 fully saturated rings. The first kappa shape index (κ1) is 21.5. The van der Waals surface area contributed by atoms with Crippen molar-refractivity contribution in [1.82, 2.24) is 19.7 Å². The molecular weight excluding hydrogens is 396 g/mol. The first-order chi connectivity index (χ1) is 14.9. The summed E-state index contributed by atoms with van der Waals surface area (Å²) in [6, 6.07) is 8.97. The average Bonchev–Trinajstić information content (AvgIpc) is 3.29. The Morgan fingerprint density at radius 1 is 1.10 bits per heavy atom. The van der Waals surface area contributed by atoms with Crippen LogP contribution < -0.4 is 0 Å². The van der Waals surface area contributed by atoms with Crippen LogP contribution in [0.15, 0.2) is 40.9 Å². The van der Waals surface area contributed by atoms with Gasteiger partial charge in [-0.2, -0.15) is 0 Å². The number of aliphatic hydroxyl groups is 1. The summed E-state index contributed by atoms with van der Waals surface area (Å²) in [5, 5.41) is 9.19. The molecule has 0 radical (unpaired) electrons. The molecular formula is C23H30N4O4. The number of aromatic nitrogens is 1. The van der Waals surface area contributed by atoms with E-state index in [1.165, 1.54) is 4.90 Å². The summed E-state index contributed by atoms with van der Waals surface area (Å²) in [5.41, 5.74) is -0.0767. The fourth-order valence-electron chi connectivity index (χ4n) is 4.57. The van der Waals surface area contributed by atoms with E-state index in [0.29, 0.717) is 50.5 Å². The van der Waals surface area contributed by atoms with Crippen LogP contribution in [0.5, 0.6) is 0 Å². The second-order valence-corrected chi connectivity index (χ2v) is 8.83. The molecule has 2 aromatic rings. The minimum atomic E-state index is -0.786. The molecule has 0 bridgehead atoms. The maximum absolute atomic E-state index is 13.6. The van der Waals surface area contributed by atoms with Crippen molar-refractivity contribution in [3.63, 3.8) is 0 Å². The zero-order chi connectivity index (χ0) is 22.0. The Hall–Kier alpha value is -2.71. The summed E-state index contributed by atoms with van der Waals surface area (Å²) in [6.07, 6.45) is 2.87. The van der Waals surface area contributed by atoms with Crippen molar-refractivity contribution in [2.24, 2.45) is 5.92 Å². The fraction of sp³-hybridized carbons (Fsp3) is 0.522. The van der Waals surface area contributed by atoms with Crippen LogP contribution in [0.25, 0.3) is 0 Å². The smallest absolute Gasteiger partial charge is 0.328 e. The van der Waals surface area contributed by atoms with E-state index >= 15 is 0 Å². The average molecular weight is 427 g/mol. The third-order valence-corrected chi connectivity index (χ3v) is 6.15. The SMILES string of the molecule is CC(C)CN1C(=O)N(Cc2ccccn2)C(=O)C12CCN(Cc1ccc(CO)o1)CC2. The summed E-state index contributed by atoms with van der Waals surface area (Å²) >= 11 is 0. The van der Waals surface area contributed by atoms with Crippen LogP contribution in [-0.4, -0.2) is 61.9 Å². The van der Waals surface area contributed by atoms with Gasteiger partial charge in [0.2, 0.25) is 0 Å². The number of hydrogen-bond donors (Lipinski definition) is 1. The van der Waals surface area contributed by atoms with Gasteiger partial charge in [-0.05, 0) is 43.0 Å². The second-order valence-electron chi connectivity index (χ2n) is 8.83. The highest BCUT2D eigenvalue weighted by molar-refractivity contribution is 6.07. The first-order valence-corrected chi connectivity index (χ1v) is 10.9. The number of urea groups is 1. The normalized spacial score (nSPS) is 19.2. The van der Waals surface area contributed by atoms with Gasteiger partial charge in [0, 0.05) is 25.8 Å². The molecule has 2 aromatic heterocycles. The van der Waals surface area contributed by atoms with Crippen molar-refractivity contribution < 1.29 is 19.1 Å². The first-order valence-electron chi connectivity index (χ1n) is 10.9. The van der Waals surface area contributed by atoms with E-state index in [1.54, 1.807) is 17.2 Å². The molecule has 4 heterocycles. The molecule has 0 aliphatic carbocycles. The van der Waals surface area contributed by atoms with Gasteiger partial charge in [-0.15, -0.1) is 0 Å². The molecule has 8 nitrogen and oxygen atoms in total. The number of rotatable bonds is 7. The number of piperidine rings is 1. The molecule has 2 saturated heterocycles. The minimum Gasteiger partial charge on any atom is -0.462 e. The Kier molecular flexibility index (Phi) is 6.11. The largest absolute Gasteiger partial charge is 0.462 e. The number of furan rings is 1. The quantitative estimate of drug-likeness (QED) is 0.685. The van der Waals surface area contributed by atoms with Crippen molar-refractivity contribution in [2.75, 3.05) is 19.6 Å². The van der Waals surface area contributed by atoms with Gasteiger partial charge in [0.05, 0.1) is 18.8 Å². The van der Waals surface area contributed by atoms with Gasteiger partial charge in [0.25, 0.3) is 5.91 Å². The third-order valence-electron chi connectivity index (χ3n) is 6.15. The lowest BCUT2D eigenvalue weighted by molar-refractivity contribution is -0.136. The lowest BCUT2D eigenvalue weighted by Crippen LogP contribution is -2.57. The molecule has 8 heteroatoms. The van der Waals surface area contributed by atoms with Crippen LogP contribution in [0.2, 0.25) is 0 Å². The second kappa shape index (κ2) is 8.80. The molecule has 0 unspecified atom stereocenters. The molecule has 3 amide bonds. The zero-order valence-electron chi connectivity index (χ0n) is 18.2. The number of nitrogens with zero attached hydrogens (tertiary/aromatic N) is 4. The van der Waals surface area contributed by atoms with Crippen LogP contribution >= 0.6 is 0 Å². The molecule has 2 aliphatic rings. The molecule has 166 valence electrons. The highest BCUT2D eigenvalue weighted by atomic mass is 16.4. The topological polar surface area (TPSA) is 90.1 Å². The van der Waals surface area contributed by atoms with Gasteiger partial charge in [0.1, 0.15) is 23.7 Å². The zero-order valence-corrected chi connectivity index (χ0v) is 18.2. The Balaban J connectivity index is 1.50. The molecule has 4 rings (SSSR count). The molecule has 31 heavy (non-hydrogen) atoms. The third kappa shape index (κ3) is 4.22. The number of amides is 3. The predicted octanol–water partition coefficient (Wildman–Crippen LogP) is 2.62. The van der Waals surface area contributed by atoms with Crippen molar-refractivity contribution in [1.29, 1.82) is 0 Å². The van der Waals surface area contributed by atoms with Crippen molar-refractivity contribution in [2.45, 2.75) is 51.9 Å². The van der Waals surface area contributed by atoms with E-state index < -0.39 is 5.54 Å². The Morgan fingerprint density at radius 2 is 1.84 bits per heavy atom. The maximum atomic E-state index is 13.6. The van der Waals surface area contributed by atoms with Gasteiger partial charge >= 0.3 is 6.03 Å². The van der Waals surface area contributed by atoms with Crippen LogP contribution in [0.3, 0.4) is 0 Å². The summed E-state index contributed by atoms with van der Waals surface area (Å²) in [5.74, 6) is 1.50. The van der Waals surface area contributed by atoms with Crippen molar-refractivity contribution in [3.8, 4) is 0 Å². The van der Waals surface area contributed by atoms with Crippen LogP contribution in [-0.2, 0) is 24.5 Å². The van der Waals surface area contributed by atoms with Crippen molar-refractivity contribution in [3.05, 3.63) is 53.7 Å². The maximum Gasteiger partial charge on any atom is 0.328 e. The molecule has 2 aliphatic heterocycles. The molecule has 0 atom stereocenters. The predicted molar refractivity (Wildman–Crippen MR) is 114 cm³/mol. The summed E-state index contributed by atoms with van der Waals surface area (Å²) in [7, 11) is 0. The summed E-state index contributed by atoms with van der Waals surface area (Å²) < 4.78 is 5.61. The van der Waals surface area contributed by atoms with E-state index in [1.807, 2.05) is 24.3 Å². The van der Waals surface area contributed by atoms with E-state index in [9.17, 15) is 14.7 Å². The number of carbonyl (C=O) groups excluding carboxylic acids is 2. The van der Waals surface area contributed by atoms with Gasteiger partial charge < -0.3 is 14.4 Å². The number of hydrogen-bond acceptors (Lipinski definition) is 6. The lowest BCUT2D eigenvalue weighted by atomic mass is 9.85. The number of pyridine rings is 1. The van der Waals surface area contributed by atoms with Gasteiger partial charge in [-0.3, -0.25) is 19.6 Å². The molecule has 1 spiro atoms. The molecule has 1 N–H and O–H groups in total. The van der Waals surface area contributed by atoms with Crippen LogP contribution in [0.4, 0.5) is 4.79 Å². The highest BCUT2D eigenvalue weighted by Gasteiger charge is 2.57. The molecule has 0 saturated carbocycles. The fourth-order valence-corrected chi connectivity index (χ4v) is 4.57. The van der Waals surface area contributed by atoms with E-state index in [-0.39, 0.29) is 31.0 Å². The molecule has 0 aromatic carbocycles. The van der Waals surface area contributed by atoms with Crippen molar-refractivity contribution >= 4 is 11.9 Å². The summed E-state index contributed by atoms with van der Waals surface area (Å²) in [6.45, 7) is 6.79. The number of likely N-dealkylation sites (tertiary alicyclic amines) is 1. The standard InChI is InChI=1S/C23H30N4O4/c1-17(2)13-27-22(30)26(14-18-5-3-4-10-24-18)21(29)23(27)8-11-25(12-9-23)15-19-6-7-20(16-28)31-19/h3-7,10,17,28H,8-9,11-16H2,1-2H3. The van der Waals surface area contributed by atoms with Gasteiger partial charge in [-0.1, -0.05) is 19.9 Å². The number of aliphatic hydroxyl groups excluding tert-OH is 1. The highest BCUT2D eigenvalue weighted by Crippen LogP contribution is 2.38. The Labute approximate surface area is 182 Å². The van der Waals surface area contributed by atoms with E-state index in [4.69, 9.17) is 4.42 Å². The van der Waals surface area contributed by atoms with E-state index in [2.05, 4.69) is 23.7 Å². The minimum absolute atomic E-state index is 0.107. The monoisotopic (exact) mass is 426 g/mol. The van der Waals surface area contributed by atoms with Gasteiger partial charge in [-0.25, -0.2) is 4.79 Å².